The molecule has 0 bridgehead atoms. The van der Waals surface area contributed by atoms with Gasteiger partial charge in [-0.2, -0.15) is 21.6 Å². The van der Waals surface area contributed by atoms with Crippen molar-refractivity contribution in [3.8, 4) is 0 Å². The van der Waals surface area contributed by atoms with Gasteiger partial charge in [-0.15, -0.1) is 0 Å². The van der Waals surface area contributed by atoms with Crippen LogP contribution in [0.3, 0.4) is 0 Å². The molecule has 1 N–H and O–H groups in total. The molecule has 0 aliphatic carbocycles. The van der Waals surface area contributed by atoms with Crippen molar-refractivity contribution in [1.82, 2.24) is 0 Å². The van der Waals surface area contributed by atoms with E-state index in [-0.39, 0.29) is 7.92 Å². The van der Waals surface area contributed by atoms with E-state index in [1.165, 1.54) is 0 Å². The highest BCUT2D eigenvalue weighted by molar-refractivity contribution is 7.86. The van der Waals surface area contributed by atoms with Crippen molar-refractivity contribution in [1.29, 1.82) is 0 Å². The van der Waals surface area contributed by atoms with Gasteiger partial charge < -0.3 is 0 Å². The van der Waals surface area contributed by atoms with Gasteiger partial charge in [-0.3, -0.25) is 4.55 Å². The van der Waals surface area contributed by atoms with E-state index in [1.54, 1.807) is 0 Å². The molecule has 0 unspecified atom stereocenters. The minimum atomic E-state index is -5.84. The first kappa shape index (κ1) is 23.4. The minimum Gasteiger partial charge on any atom is -0.279 e. The molecule has 0 aliphatic rings. The zero-order valence-corrected chi connectivity index (χ0v) is 16.0. The Kier molecular flexibility index (Phi) is 7.48. The van der Waals surface area contributed by atoms with Crippen LogP contribution in [0.15, 0.2) is 0 Å². The van der Waals surface area contributed by atoms with Crippen molar-refractivity contribution in [3.05, 3.63) is 0 Å². The lowest BCUT2D eigenvalue weighted by Crippen LogP contribution is -2.34. The van der Waals surface area contributed by atoms with E-state index in [4.69, 9.17) is 13.0 Å². The third kappa shape index (κ3) is 8.99. The lowest BCUT2D eigenvalue weighted by Gasteiger charge is -2.49. The molecule has 21 heavy (non-hydrogen) atoms. The highest BCUT2D eigenvalue weighted by Crippen LogP contribution is 2.66. The average Bonchev–Trinajstić information content (AvgIpc) is 1.88. The number of rotatable bonds is 0. The maximum absolute atomic E-state index is 10.7. The first-order chi connectivity index (χ1) is 8.62. The maximum atomic E-state index is 10.7. The van der Waals surface area contributed by atoms with Gasteiger partial charge in [0.25, 0.3) is 0 Å². The molecule has 3 nitrogen and oxygen atoms in total. The molecule has 8 heteroatoms. The summed E-state index contributed by atoms with van der Waals surface area (Å²) in [5, 5.41) is 1.35. The lowest BCUT2D eigenvalue weighted by molar-refractivity contribution is -0.0510. The molecular formula is C13H28F3O3PS. The normalized spacial score (nSPS) is 14.8. The van der Waals surface area contributed by atoms with Crippen molar-refractivity contribution >= 4 is 18.0 Å². The second kappa shape index (κ2) is 6.71. The van der Waals surface area contributed by atoms with Gasteiger partial charge in [0, 0.05) is 0 Å². The van der Waals surface area contributed by atoms with Crippen molar-refractivity contribution in [2.75, 3.05) is 0 Å². The molecule has 0 rings (SSSR count). The van der Waals surface area contributed by atoms with Crippen LogP contribution >= 0.6 is 7.92 Å². The zero-order chi connectivity index (χ0) is 18.1. The molecule has 0 saturated carbocycles. The zero-order valence-electron chi connectivity index (χ0n) is 14.3. The Morgan fingerprint density at radius 3 is 0.857 bits per heavy atom. The van der Waals surface area contributed by atoms with Crippen molar-refractivity contribution in [3.63, 3.8) is 0 Å². The SMILES string of the molecule is CC(C)(C)P(C(C)(C)C)C(C)(C)C.O=S(=O)(O)C(F)(F)F. The Morgan fingerprint density at radius 1 is 0.714 bits per heavy atom. The monoisotopic (exact) mass is 352 g/mol. The topological polar surface area (TPSA) is 54.4 Å². The van der Waals surface area contributed by atoms with Crippen LogP contribution in [0, 0.1) is 0 Å². The lowest BCUT2D eigenvalue weighted by atomic mass is 10.2. The third-order valence-corrected chi connectivity index (χ3v) is 6.91. The van der Waals surface area contributed by atoms with Gasteiger partial charge in [0.15, 0.2) is 0 Å². The van der Waals surface area contributed by atoms with Gasteiger partial charge in [-0.05, 0) is 15.5 Å². The summed E-state index contributed by atoms with van der Waals surface area (Å²) in [5.74, 6) is 0. The summed E-state index contributed by atoms with van der Waals surface area (Å²) in [4.78, 5) is 0. The van der Waals surface area contributed by atoms with Crippen LogP contribution in [-0.2, 0) is 10.1 Å². The molecule has 0 radical (unpaired) electrons. The van der Waals surface area contributed by atoms with Crippen LogP contribution in [0.5, 0.6) is 0 Å². The summed E-state index contributed by atoms with van der Waals surface area (Å²) in [5.41, 5.74) is -5.53. The van der Waals surface area contributed by atoms with Crippen LogP contribution in [0.4, 0.5) is 13.2 Å². The molecule has 130 valence electrons. The van der Waals surface area contributed by atoms with E-state index in [2.05, 4.69) is 62.3 Å². The van der Waals surface area contributed by atoms with E-state index in [9.17, 15) is 13.2 Å². The number of halogens is 3. The summed E-state index contributed by atoms with van der Waals surface area (Å²) in [6.45, 7) is 21.5. The summed E-state index contributed by atoms with van der Waals surface area (Å²) in [6, 6.07) is 0. The Labute approximate surface area is 128 Å². The first-order valence-corrected chi connectivity index (χ1v) is 9.24. The molecule has 0 spiro atoms. The standard InChI is InChI=1S/C12H27P.CHF3O3S/c1-10(2,3)13(11(4,5)6)12(7,8)9;2-1(3,4)8(5,6)7/h1-9H3;(H,5,6,7). The van der Waals surface area contributed by atoms with E-state index in [1.807, 2.05) is 0 Å². The summed E-state index contributed by atoms with van der Waals surface area (Å²) in [6.07, 6.45) is 0. The van der Waals surface area contributed by atoms with Crippen LogP contribution in [-0.4, -0.2) is 33.9 Å². The van der Waals surface area contributed by atoms with Gasteiger partial charge in [0.2, 0.25) is 0 Å². The summed E-state index contributed by atoms with van der Waals surface area (Å²) in [7, 11) is -5.82. The first-order valence-electron chi connectivity index (χ1n) is 6.46. The number of alkyl halides is 3. The predicted octanol–water partition coefficient (Wildman–Crippen LogP) is 5.26. The second-order valence-corrected chi connectivity index (χ2v) is 13.9. The predicted molar refractivity (Wildman–Crippen MR) is 83.8 cm³/mol. The van der Waals surface area contributed by atoms with Gasteiger partial charge in [0.1, 0.15) is 0 Å². The van der Waals surface area contributed by atoms with Gasteiger partial charge >= 0.3 is 15.6 Å². The van der Waals surface area contributed by atoms with Crippen molar-refractivity contribution in [2.45, 2.75) is 83.3 Å². The third-order valence-electron chi connectivity index (χ3n) is 2.30. The van der Waals surface area contributed by atoms with Crippen LogP contribution in [0.25, 0.3) is 0 Å². The Hall–Kier alpha value is 0.130. The van der Waals surface area contributed by atoms with Crippen LogP contribution in [0.2, 0.25) is 0 Å². The number of hydrogen-bond donors (Lipinski definition) is 1. The Morgan fingerprint density at radius 2 is 0.857 bits per heavy atom. The fraction of sp³-hybridized carbons (Fsp3) is 1.00. The Bertz CT molecular complexity index is 390. The van der Waals surface area contributed by atoms with Gasteiger partial charge in [-0.25, -0.2) is 0 Å². The molecule has 0 aromatic rings. The highest BCUT2D eigenvalue weighted by Gasteiger charge is 2.44. The Balaban J connectivity index is 0. The largest absolute Gasteiger partial charge is 0.522 e. The van der Waals surface area contributed by atoms with Crippen molar-refractivity contribution in [2.24, 2.45) is 0 Å². The molecule has 0 aromatic carbocycles. The van der Waals surface area contributed by atoms with Gasteiger partial charge in [-0.1, -0.05) is 70.2 Å². The fourth-order valence-corrected chi connectivity index (χ4v) is 9.06. The quantitative estimate of drug-likeness (QED) is 0.368. The molecular weight excluding hydrogens is 324 g/mol. The van der Waals surface area contributed by atoms with E-state index in [0.29, 0.717) is 15.5 Å². The molecule has 0 saturated heterocycles. The summed E-state index contributed by atoms with van der Waals surface area (Å²) < 4.78 is 57.5. The van der Waals surface area contributed by atoms with E-state index < -0.39 is 15.6 Å². The van der Waals surface area contributed by atoms with E-state index in [0.717, 1.165) is 0 Å². The molecule has 0 heterocycles. The maximum Gasteiger partial charge on any atom is 0.522 e. The minimum absolute atomic E-state index is 0.0162. The molecule has 0 fully saturated rings. The molecule has 0 aliphatic heterocycles. The summed E-state index contributed by atoms with van der Waals surface area (Å²) >= 11 is 0. The van der Waals surface area contributed by atoms with E-state index >= 15 is 0 Å². The molecule has 0 aromatic heterocycles. The smallest absolute Gasteiger partial charge is 0.279 e. The van der Waals surface area contributed by atoms with Crippen LogP contribution < -0.4 is 0 Å². The second-order valence-electron chi connectivity index (χ2n) is 7.77. The van der Waals surface area contributed by atoms with Gasteiger partial charge in [0.05, 0.1) is 0 Å². The van der Waals surface area contributed by atoms with Crippen LogP contribution in [0.1, 0.15) is 62.3 Å². The highest BCUT2D eigenvalue weighted by atomic mass is 32.2. The fourth-order valence-electron chi connectivity index (χ4n) is 3.02. The van der Waals surface area contributed by atoms with Crippen molar-refractivity contribution < 1.29 is 26.1 Å². The average molecular weight is 352 g/mol. The number of hydrogen-bond acceptors (Lipinski definition) is 2. The molecule has 0 atom stereocenters. The molecule has 0 amide bonds.